The van der Waals surface area contributed by atoms with E-state index in [9.17, 15) is 14.4 Å². The van der Waals surface area contributed by atoms with E-state index in [2.05, 4.69) is 0 Å². The molecule has 1 atom stereocenters. The number of rotatable bonds is 2. The zero-order chi connectivity index (χ0) is 20.3. The first kappa shape index (κ1) is 17.9. The third kappa shape index (κ3) is 2.43. The van der Waals surface area contributed by atoms with Crippen LogP contribution < -0.4 is 5.56 Å². The molecule has 8 heteroatoms. The quantitative estimate of drug-likeness (QED) is 0.371. The van der Waals surface area contributed by atoms with E-state index in [4.69, 9.17) is 26.1 Å². The molecule has 4 heterocycles. The summed E-state index contributed by atoms with van der Waals surface area (Å²) >= 11 is 5.45. The highest BCUT2D eigenvalue weighted by atomic mass is 35.5. The predicted octanol–water partition coefficient (Wildman–Crippen LogP) is 3.46. The number of esters is 1. The first-order valence-electron chi connectivity index (χ1n) is 9.16. The number of nitrogens with zero attached hydrogens (tertiary/aromatic N) is 2. The van der Waals surface area contributed by atoms with Crippen LogP contribution >= 0.6 is 11.6 Å². The van der Waals surface area contributed by atoms with E-state index in [0.717, 1.165) is 16.5 Å². The number of aromatic nitrogens is 2. The van der Waals surface area contributed by atoms with Crippen molar-refractivity contribution in [3.8, 4) is 11.4 Å². The van der Waals surface area contributed by atoms with Gasteiger partial charge in [0.25, 0.3) is 5.56 Å². The predicted molar refractivity (Wildman–Crippen MR) is 105 cm³/mol. The van der Waals surface area contributed by atoms with E-state index >= 15 is 0 Å². The third-order valence-corrected chi connectivity index (χ3v) is 5.72. The smallest absolute Gasteiger partial charge is 0.405 e. The molecule has 0 fully saturated rings. The second kappa shape index (κ2) is 6.15. The second-order valence-corrected chi connectivity index (χ2v) is 7.41. The lowest BCUT2D eigenvalue weighted by atomic mass is 9.85. The monoisotopic (exact) mass is 410 g/mol. The highest BCUT2D eigenvalue weighted by Gasteiger charge is 2.50. The molecule has 0 radical (unpaired) electrons. The van der Waals surface area contributed by atoms with Crippen LogP contribution in [0.1, 0.15) is 30.0 Å². The number of pyridine rings is 2. The zero-order valence-corrected chi connectivity index (χ0v) is 16.2. The van der Waals surface area contributed by atoms with Crippen LogP contribution in [0.25, 0.3) is 22.3 Å². The van der Waals surface area contributed by atoms with Gasteiger partial charge in [0.05, 0.1) is 29.0 Å². The fourth-order valence-corrected chi connectivity index (χ4v) is 4.35. The SMILES string of the molecule is CCC1(OC(=O)Cl)C(=O)OCc2c1cc1n(c2=O)Cc2cc3ccccc3nc2-1. The van der Waals surface area contributed by atoms with E-state index in [1.807, 2.05) is 30.3 Å². The van der Waals surface area contributed by atoms with Crippen molar-refractivity contribution >= 4 is 33.9 Å². The van der Waals surface area contributed by atoms with E-state index in [1.165, 1.54) is 0 Å². The molecule has 5 rings (SSSR count). The first-order chi connectivity index (χ1) is 13.9. The Labute approximate surface area is 169 Å². The summed E-state index contributed by atoms with van der Waals surface area (Å²) in [6, 6.07) is 11.4. The number of cyclic esters (lactones) is 1. The van der Waals surface area contributed by atoms with E-state index in [1.54, 1.807) is 17.6 Å². The van der Waals surface area contributed by atoms with E-state index < -0.39 is 17.0 Å². The van der Waals surface area contributed by atoms with E-state index in [-0.39, 0.29) is 24.2 Å². The molecule has 0 saturated carbocycles. The summed E-state index contributed by atoms with van der Waals surface area (Å²) < 4.78 is 12.0. The average molecular weight is 411 g/mol. The van der Waals surface area contributed by atoms with Gasteiger partial charge < -0.3 is 14.0 Å². The molecule has 0 aliphatic carbocycles. The number of para-hydroxylation sites is 1. The maximum atomic E-state index is 13.2. The number of benzene rings is 1. The lowest BCUT2D eigenvalue weighted by Crippen LogP contribution is -2.46. The topological polar surface area (TPSA) is 87.5 Å². The maximum Gasteiger partial charge on any atom is 0.405 e. The van der Waals surface area contributed by atoms with Gasteiger partial charge in [-0.2, -0.15) is 0 Å². The molecule has 0 N–H and O–H groups in total. The molecule has 0 saturated heterocycles. The summed E-state index contributed by atoms with van der Waals surface area (Å²) in [6.07, 6.45) is 0.0815. The molecule has 2 aliphatic heterocycles. The Morgan fingerprint density at radius 1 is 1.31 bits per heavy atom. The molecule has 0 amide bonds. The van der Waals surface area contributed by atoms with Crippen molar-refractivity contribution in [3.05, 3.63) is 63.4 Å². The number of hydrogen-bond donors (Lipinski definition) is 0. The molecule has 0 bridgehead atoms. The second-order valence-electron chi connectivity index (χ2n) is 7.10. The summed E-state index contributed by atoms with van der Waals surface area (Å²) in [5.41, 5.74) is 0.371. The van der Waals surface area contributed by atoms with Gasteiger partial charge in [0.15, 0.2) is 0 Å². The molecule has 7 nitrogen and oxygen atoms in total. The fraction of sp³-hybridized carbons (Fsp3) is 0.238. The van der Waals surface area contributed by atoms with Crippen molar-refractivity contribution in [2.75, 3.05) is 0 Å². The Balaban J connectivity index is 1.79. The fourth-order valence-electron chi connectivity index (χ4n) is 4.22. The molecule has 0 spiro atoms. The summed E-state index contributed by atoms with van der Waals surface area (Å²) in [5, 5.41) is 0.981. The normalized spacial score (nSPS) is 19.3. The number of hydrogen-bond acceptors (Lipinski definition) is 6. The van der Waals surface area contributed by atoms with Crippen molar-refractivity contribution < 1.29 is 19.1 Å². The number of halogens is 1. The largest absolute Gasteiger partial charge is 0.457 e. The Bertz CT molecular complexity index is 1280. The van der Waals surface area contributed by atoms with E-state index in [0.29, 0.717) is 23.5 Å². The third-order valence-electron chi connectivity index (χ3n) is 5.64. The summed E-state index contributed by atoms with van der Waals surface area (Å²) in [4.78, 5) is 42.1. The minimum absolute atomic E-state index is 0.0815. The minimum atomic E-state index is -1.75. The van der Waals surface area contributed by atoms with Crippen LogP contribution in [-0.2, 0) is 33.0 Å². The average Bonchev–Trinajstić information content (AvgIpc) is 3.06. The number of fused-ring (bicyclic) bond motifs is 5. The van der Waals surface area contributed by atoms with Crippen LogP contribution in [-0.4, -0.2) is 20.9 Å². The van der Waals surface area contributed by atoms with Crippen molar-refractivity contribution in [1.82, 2.24) is 9.55 Å². The maximum absolute atomic E-state index is 13.2. The molecule has 29 heavy (non-hydrogen) atoms. The van der Waals surface area contributed by atoms with Gasteiger partial charge in [0.2, 0.25) is 5.60 Å². The van der Waals surface area contributed by atoms with Gasteiger partial charge in [-0.3, -0.25) is 4.79 Å². The Kier molecular flexibility index (Phi) is 3.79. The van der Waals surface area contributed by atoms with Gasteiger partial charge in [-0.05, 0) is 24.6 Å². The van der Waals surface area contributed by atoms with Crippen molar-refractivity contribution in [1.29, 1.82) is 0 Å². The highest BCUT2D eigenvalue weighted by Crippen LogP contribution is 2.41. The lowest BCUT2D eigenvalue weighted by molar-refractivity contribution is -0.171. The molecule has 3 aromatic rings. The Morgan fingerprint density at radius 3 is 2.86 bits per heavy atom. The minimum Gasteiger partial charge on any atom is -0.457 e. The van der Waals surface area contributed by atoms with Crippen molar-refractivity contribution in [2.45, 2.75) is 32.1 Å². The molecule has 146 valence electrons. The zero-order valence-electron chi connectivity index (χ0n) is 15.4. The number of carbonyl (C=O) groups is 2. The Morgan fingerprint density at radius 2 is 2.10 bits per heavy atom. The van der Waals surface area contributed by atoms with Gasteiger partial charge in [-0.25, -0.2) is 14.6 Å². The highest BCUT2D eigenvalue weighted by molar-refractivity contribution is 6.61. The van der Waals surface area contributed by atoms with Crippen LogP contribution in [0.15, 0.2) is 41.2 Å². The van der Waals surface area contributed by atoms with Crippen LogP contribution in [0.5, 0.6) is 0 Å². The van der Waals surface area contributed by atoms with Gasteiger partial charge >= 0.3 is 11.4 Å². The summed E-state index contributed by atoms with van der Waals surface area (Å²) in [6.45, 7) is 1.86. The van der Waals surface area contributed by atoms with Crippen molar-refractivity contribution in [3.63, 3.8) is 0 Å². The molecular formula is C21H15ClN2O5. The number of ether oxygens (including phenoxy) is 2. The van der Waals surface area contributed by atoms with Crippen LogP contribution in [0.3, 0.4) is 0 Å². The standard InChI is InChI=1S/C21H15ClN2O5/c1-2-21(29-20(22)27)14-8-16-17-12(7-11-5-3-4-6-15(11)23-17)9-24(16)18(25)13(14)10-28-19(21)26/h3-8H,2,9-10H2,1H3. The molecule has 2 aromatic heterocycles. The van der Waals surface area contributed by atoms with Gasteiger partial charge in [-0.1, -0.05) is 25.1 Å². The lowest BCUT2D eigenvalue weighted by Gasteiger charge is -2.34. The molecule has 1 aromatic carbocycles. The van der Waals surface area contributed by atoms with Crippen molar-refractivity contribution in [2.24, 2.45) is 0 Å². The summed E-state index contributed by atoms with van der Waals surface area (Å²) in [5.74, 6) is -0.740. The van der Waals surface area contributed by atoms with Crippen LogP contribution in [0.4, 0.5) is 4.79 Å². The van der Waals surface area contributed by atoms with Crippen LogP contribution in [0, 0.1) is 0 Å². The Hall–Kier alpha value is -3.19. The van der Waals surface area contributed by atoms with Gasteiger partial charge in [-0.15, -0.1) is 0 Å². The molecule has 2 aliphatic rings. The summed E-state index contributed by atoms with van der Waals surface area (Å²) in [7, 11) is 0. The first-order valence-corrected chi connectivity index (χ1v) is 9.54. The molecular weight excluding hydrogens is 396 g/mol. The van der Waals surface area contributed by atoms with Gasteiger partial charge in [0, 0.05) is 28.1 Å². The number of carbonyl (C=O) groups excluding carboxylic acids is 2. The molecule has 1 unspecified atom stereocenters. The van der Waals surface area contributed by atoms with Gasteiger partial charge in [0.1, 0.15) is 6.61 Å². The van der Waals surface area contributed by atoms with Crippen LogP contribution in [0.2, 0.25) is 0 Å².